The lowest BCUT2D eigenvalue weighted by atomic mass is 10.1. The highest BCUT2D eigenvalue weighted by Gasteiger charge is 2.38. The van der Waals surface area contributed by atoms with Crippen LogP contribution in [0.4, 0.5) is 0 Å². The minimum Gasteiger partial charge on any atom is -0.337 e. The van der Waals surface area contributed by atoms with E-state index in [1.807, 2.05) is 16.7 Å². The van der Waals surface area contributed by atoms with Gasteiger partial charge in [0.15, 0.2) is 0 Å². The van der Waals surface area contributed by atoms with Crippen molar-refractivity contribution in [3.05, 3.63) is 0 Å². The predicted octanol–water partition coefficient (Wildman–Crippen LogP) is 1.25. The fraction of sp³-hybridized carbons (Fsp3) is 0.800. The van der Waals surface area contributed by atoms with Gasteiger partial charge in [-0.25, -0.2) is 0 Å². The summed E-state index contributed by atoms with van der Waals surface area (Å²) in [5.41, 5.74) is 0. The molecule has 0 aromatic carbocycles. The number of rotatable bonds is 1. The highest BCUT2D eigenvalue weighted by Crippen LogP contribution is 2.33. The SMILES string of the molecule is CC1SCCC1N1CC(C#N)CC1=O. The quantitative estimate of drug-likeness (QED) is 0.654. The van der Waals surface area contributed by atoms with Crippen molar-refractivity contribution < 1.29 is 4.79 Å². The van der Waals surface area contributed by atoms with Crippen molar-refractivity contribution in [3.8, 4) is 6.07 Å². The number of hydrogen-bond donors (Lipinski definition) is 0. The van der Waals surface area contributed by atoms with E-state index in [4.69, 9.17) is 5.26 Å². The molecule has 14 heavy (non-hydrogen) atoms. The van der Waals surface area contributed by atoms with Crippen LogP contribution in [-0.4, -0.2) is 34.4 Å². The molecule has 2 heterocycles. The summed E-state index contributed by atoms with van der Waals surface area (Å²) < 4.78 is 0. The van der Waals surface area contributed by atoms with Gasteiger partial charge in [-0.05, 0) is 12.2 Å². The molecular weight excluding hydrogens is 196 g/mol. The van der Waals surface area contributed by atoms with E-state index < -0.39 is 0 Å². The maximum absolute atomic E-state index is 11.6. The van der Waals surface area contributed by atoms with Crippen LogP contribution in [0.2, 0.25) is 0 Å². The van der Waals surface area contributed by atoms with Crippen molar-refractivity contribution in [2.45, 2.75) is 31.1 Å². The normalized spacial score (nSPS) is 37.6. The first-order valence-electron chi connectivity index (χ1n) is 5.03. The maximum Gasteiger partial charge on any atom is 0.224 e. The predicted molar refractivity (Wildman–Crippen MR) is 55.8 cm³/mol. The van der Waals surface area contributed by atoms with Crippen LogP contribution in [-0.2, 0) is 4.79 Å². The molecule has 0 aromatic rings. The van der Waals surface area contributed by atoms with Gasteiger partial charge < -0.3 is 4.90 Å². The fourth-order valence-corrected chi connectivity index (χ4v) is 3.52. The van der Waals surface area contributed by atoms with Crippen LogP contribution in [0.5, 0.6) is 0 Å². The van der Waals surface area contributed by atoms with Crippen LogP contribution in [0.25, 0.3) is 0 Å². The molecule has 4 heteroatoms. The lowest BCUT2D eigenvalue weighted by Gasteiger charge is -2.26. The Morgan fingerprint density at radius 2 is 2.43 bits per heavy atom. The molecule has 0 aliphatic carbocycles. The first-order valence-corrected chi connectivity index (χ1v) is 6.08. The zero-order valence-electron chi connectivity index (χ0n) is 8.27. The van der Waals surface area contributed by atoms with Gasteiger partial charge in [-0.15, -0.1) is 0 Å². The molecule has 0 bridgehead atoms. The Hall–Kier alpha value is -0.690. The summed E-state index contributed by atoms with van der Waals surface area (Å²) >= 11 is 1.93. The summed E-state index contributed by atoms with van der Waals surface area (Å²) in [6, 6.07) is 2.57. The van der Waals surface area contributed by atoms with Gasteiger partial charge in [0.2, 0.25) is 5.91 Å². The number of nitriles is 1. The molecule has 0 aromatic heterocycles. The summed E-state index contributed by atoms with van der Waals surface area (Å²) in [4.78, 5) is 13.6. The molecule has 2 saturated heterocycles. The number of carbonyl (C=O) groups excluding carboxylic acids is 1. The molecule has 1 amide bonds. The Balaban J connectivity index is 2.05. The van der Waals surface area contributed by atoms with Crippen LogP contribution in [0.15, 0.2) is 0 Å². The van der Waals surface area contributed by atoms with Crippen molar-refractivity contribution >= 4 is 17.7 Å². The van der Waals surface area contributed by atoms with E-state index in [9.17, 15) is 4.79 Å². The third-order valence-electron chi connectivity index (χ3n) is 3.08. The Bertz CT molecular complexity index is 286. The molecule has 0 spiro atoms. The molecule has 3 unspecified atom stereocenters. The average Bonchev–Trinajstić information content (AvgIpc) is 2.72. The number of amides is 1. The fourth-order valence-electron chi connectivity index (χ4n) is 2.27. The maximum atomic E-state index is 11.6. The molecule has 76 valence electrons. The van der Waals surface area contributed by atoms with Crippen LogP contribution < -0.4 is 0 Å². The lowest BCUT2D eigenvalue weighted by Crippen LogP contribution is -2.39. The van der Waals surface area contributed by atoms with Gasteiger partial charge in [0, 0.05) is 24.3 Å². The molecule has 2 rings (SSSR count). The number of nitrogens with zero attached hydrogens (tertiary/aromatic N) is 2. The summed E-state index contributed by atoms with van der Waals surface area (Å²) in [5.74, 6) is 1.25. The lowest BCUT2D eigenvalue weighted by molar-refractivity contribution is -0.129. The molecule has 0 saturated carbocycles. The minimum atomic E-state index is -0.0692. The number of likely N-dealkylation sites (tertiary alicyclic amines) is 1. The Kier molecular flexibility index (Phi) is 2.69. The molecule has 2 aliphatic rings. The first-order chi connectivity index (χ1) is 6.72. The van der Waals surface area contributed by atoms with Gasteiger partial charge >= 0.3 is 0 Å². The van der Waals surface area contributed by atoms with Crippen LogP contribution in [0.1, 0.15) is 19.8 Å². The zero-order chi connectivity index (χ0) is 10.1. The second-order valence-electron chi connectivity index (χ2n) is 4.01. The standard InChI is InChI=1S/C10H14N2OS/c1-7-9(2-3-14-7)12-6-8(5-11)4-10(12)13/h7-9H,2-4,6H2,1H3. The summed E-state index contributed by atoms with van der Waals surface area (Å²) in [6.07, 6.45) is 1.53. The monoisotopic (exact) mass is 210 g/mol. The van der Waals surface area contributed by atoms with Crippen molar-refractivity contribution in [2.24, 2.45) is 5.92 Å². The Morgan fingerprint density at radius 1 is 1.64 bits per heavy atom. The highest BCUT2D eigenvalue weighted by molar-refractivity contribution is 8.00. The van der Waals surface area contributed by atoms with E-state index >= 15 is 0 Å². The average molecular weight is 210 g/mol. The molecule has 0 radical (unpaired) electrons. The van der Waals surface area contributed by atoms with Crippen LogP contribution in [0, 0.1) is 17.2 Å². The smallest absolute Gasteiger partial charge is 0.224 e. The van der Waals surface area contributed by atoms with Crippen LogP contribution in [0.3, 0.4) is 0 Å². The van der Waals surface area contributed by atoms with E-state index in [1.165, 1.54) is 0 Å². The Morgan fingerprint density at radius 3 is 2.93 bits per heavy atom. The largest absolute Gasteiger partial charge is 0.337 e. The highest BCUT2D eigenvalue weighted by atomic mass is 32.2. The van der Waals surface area contributed by atoms with E-state index in [0.717, 1.165) is 12.2 Å². The van der Waals surface area contributed by atoms with E-state index in [2.05, 4.69) is 13.0 Å². The molecular formula is C10H14N2OS. The Labute approximate surface area is 88.4 Å². The molecule has 0 N–H and O–H groups in total. The van der Waals surface area contributed by atoms with Gasteiger partial charge in [-0.3, -0.25) is 4.79 Å². The summed E-state index contributed by atoms with van der Waals surface area (Å²) in [6.45, 7) is 2.83. The van der Waals surface area contributed by atoms with E-state index in [0.29, 0.717) is 24.3 Å². The third kappa shape index (κ3) is 1.61. The van der Waals surface area contributed by atoms with Crippen molar-refractivity contribution in [2.75, 3.05) is 12.3 Å². The van der Waals surface area contributed by atoms with Crippen LogP contribution >= 0.6 is 11.8 Å². The second-order valence-corrected chi connectivity index (χ2v) is 5.49. The molecule has 2 fully saturated rings. The van der Waals surface area contributed by atoms with Crippen molar-refractivity contribution in [1.82, 2.24) is 4.90 Å². The summed E-state index contributed by atoms with van der Waals surface area (Å²) in [5, 5.41) is 9.31. The van der Waals surface area contributed by atoms with Gasteiger partial charge in [0.25, 0.3) is 0 Å². The van der Waals surface area contributed by atoms with Gasteiger partial charge in [-0.2, -0.15) is 17.0 Å². The van der Waals surface area contributed by atoms with Crippen molar-refractivity contribution in [3.63, 3.8) is 0 Å². The van der Waals surface area contributed by atoms with Crippen molar-refractivity contribution in [1.29, 1.82) is 5.26 Å². The number of thioether (sulfide) groups is 1. The topological polar surface area (TPSA) is 44.1 Å². The van der Waals surface area contributed by atoms with Gasteiger partial charge in [0.05, 0.1) is 12.0 Å². The second kappa shape index (κ2) is 3.82. The van der Waals surface area contributed by atoms with Gasteiger partial charge in [-0.1, -0.05) is 6.92 Å². The molecule has 2 aliphatic heterocycles. The third-order valence-corrected chi connectivity index (χ3v) is 4.39. The number of carbonyl (C=O) groups is 1. The minimum absolute atomic E-state index is 0.0692. The van der Waals surface area contributed by atoms with E-state index in [-0.39, 0.29) is 11.8 Å². The molecule has 3 nitrogen and oxygen atoms in total. The number of hydrogen-bond acceptors (Lipinski definition) is 3. The first kappa shape index (κ1) is 9.85. The van der Waals surface area contributed by atoms with E-state index in [1.54, 1.807) is 0 Å². The summed E-state index contributed by atoms with van der Waals surface area (Å²) in [7, 11) is 0. The zero-order valence-corrected chi connectivity index (χ0v) is 9.09. The molecule has 3 atom stereocenters. The van der Waals surface area contributed by atoms with Gasteiger partial charge in [0.1, 0.15) is 0 Å².